The van der Waals surface area contributed by atoms with E-state index in [2.05, 4.69) is 0 Å². The summed E-state index contributed by atoms with van der Waals surface area (Å²) in [5.74, 6) is -9.24. The van der Waals surface area contributed by atoms with Gasteiger partial charge in [-0.15, -0.1) is 0 Å². The molecule has 0 aromatic carbocycles. The second-order valence-corrected chi connectivity index (χ2v) is 3.56. The van der Waals surface area contributed by atoms with E-state index in [9.17, 15) is 31.5 Å². The van der Waals surface area contributed by atoms with Gasteiger partial charge in [0, 0.05) is 11.5 Å². The maximum absolute atomic E-state index is 12.6. The number of alkyl halides is 5. The van der Waals surface area contributed by atoms with Gasteiger partial charge in [-0.2, -0.15) is 22.0 Å². The molecule has 1 rings (SSSR count). The fraction of sp³-hybridized carbons (Fsp3) is 0.500. The van der Waals surface area contributed by atoms with Gasteiger partial charge >= 0.3 is 12.1 Å². The molecule has 0 unspecified atom stereocenters. The molecule has 0 bridgehead atoms. The van der Waals surface area contributed by atoms with Crippen LogP contribution in [0.25, 0.3) is 0 Å². The Bertz CT molecular complexity index is 382. The van der Waals surface area contributed by atoms with Gasteiger partial charge in [0.25, 0.3) is 0 Å². The molecule has 0 aliphatic heterocycles. The van der Waals surface area contributed by atoms with Crippen LogP contribution in [0.2, 0.25) is 0 Å². The van der Waals surface area contributed by atoms with Crippen molar-refractivity contribution < 1.29 is 31.5 Å². The molecule has 1 aliphatic carbocycles. The molecular formula is C8H4ClF5O2. The van der Waals surface area contributed by atoms with Crippen LogP contribution in [0.5, 0.6) is 0 Å². The molecule has 0 aromatic heterocycles. The normalized spacial score (nSPS) is 18.2. The Hall–Kier alpha value is -0.980. The van der Waals surface area contributed by atoms with Crippen LogP contribution < -0.4 is 0 Å². The molecule has 0 fully saturated rings. The first-order chi connectivity index (χ1) is 7.09. The van der Waals surface area contributed by atoms with E-state index in [0.29, 0.717) is 0 Å². The van der Waals surface area contributed by atoms with E-state index in [-0.39, 0.29) is 12.8 Å². The van der Waals surface area contributed by atoms with Gasteiger partial charge in [0.05, 0.1) is 5.57 Å². The molecule has 0 aromatic rings. The second-order valence-electron chi connectivity index (χ2n) is 3.10. The number of Topliss-reactive ketones (excluding diaryl/α,β-unsaturated/α-hetero) is 2. The van der Waals surface area contributed by atoms with Crippen LogP contribution in [-0.4, -0.2) is 23.7 Å². The fourth-order valence-corrected chi connectivity index (χ4v) is 1.45. The van der Waals surface area contributed by atoms with Gasteiger partial charge in [0.2, 0.25) is 5.78 Å². The minimum Gasteiger partial charge on any atom is -0.294 e. The monoisotopic (exact) mass is 262 g/mol. The summed E-state index contributed by atoms with van der Waals surface area (Å²) >= 11 is 5.26. The maximum atomic E-state index is 12.6. The summed E-state index contributed by atoms with van der Waals surface area (Å²) in [6, 6.07) is 0. The second kappa shape index (κ2) is 3.80. The molecule has 0 heterocycles. The molecule has 0 atom stereocenters. The Kier molecular flexibility index (Phi) is 3.11. The third-order valence-corrected chi connectivity index (χ3v) is 2.37. The van der Waals surface area contributed by atoms with Crippen LogP contribution in [0.1, 0.15) is 12.8 Å². The van der Waals surface area contributed by atoms with Crippen molar-refractivity contribution in [3.63, 3.8) is 0 Å². The quantitative estimate of drug-likeness (QED) is 0.566. The molecule has 2 nitrogen and oxygen atoms in total. The highest BCUT2D eigenvalue weighted by atomic mass is 35.5. The number of rotatable bonds is 2. The first-order valence-corrected chi connectivity index (χ1v) is 4.38. The van der Waals surface area contributed by atoms with Crippen molar-refractivity contribution in [2.24, 2.45) is 0 Å². The van der Waals surface area contributed by atoms with E-state index in [1.807, 2.05) is 0 Å². The average Bonchev–Trinajstić information content (AvgIpc) is 2.43. The third kappa shape index (κ3) is 1.95. The predicted molar refractivity (Wildman–Crippen MR) is 43.1 cm³/mol. The summed E-state index contributed by atoms with van der Waals surface area (Å²) < 4.78 is 60.7. The van der Waals surface area contributed by atoms with Gasteiger partial charge in [0.1, 0.15) is 0 Å². The van der Waals surface area contributed by atoms with Crippen molar-refractivity contribution in [1.82, 2.24) is 0 Å². The minimum absolute atomic E-state index is 0.185. The molecular weight excluding hydrogens is 259 g/mol. The Labute approximate surface area is 91.1 Å². The van der Waals surface area contributed by atoms with E-state index >= 15 is 0 Å². The van der Waals surface area contributed by atoms with Crippen LogP contribution in [0, 0.1) is 0 Å². The van der Waals surface area contributed by atoms with E-state index in [4.69, 9.17) is 11.6 Å². The van der Waals surface area contributed by atoms with Gasteiger partial charge in [-0.1, -0.05) is 11.6 Å². The predicted octanol–water partition coefficient (Wildman–Crippen LogP) is 2.61. The summed E-state index contributed by atoms with van der Waals surface area (Å²) in [5.41, 5.74) is -1.23. The Morgan fingerprint density at radius 1 is 1.12 bits per heavy atom. The molecule has 0 saturated carbocycles. The van der Waals surface area contributed by atoms with Crippen LogP contribution in [0.3, 0.4) is 0 Å². The number of hydrogen-bond donors (Lipinski definition) is 0. The molecule has 16 heavy (non-hydrogen) atoms. The first-order valence-electron chi connectivity index (χ1n) is 4.00. The zero-order valence-electron chi connectivity index (χ0n) is 7.50. The third-order valence-electron chi connectivity index (χ3n) is 1.99. The molecule has 0 amide bonds. The molecule has 0 N–H and O–H groups in total. The van der Waals surface area contributed by atoms with Crippen LogP contribution in [-0.2, 0) is 9.59 Å². The highest BCUT2D eigenvalue weighted by molar-refractivity contribution is 6.39. The van der Waals surface area contributed by atoms with Gasteiger partial charge in [-0.25, -0.2) is 0 Å². The SMILES string of the molecule is O=C1CCC(Cl)=C1C(=O)C(F)(F)C(F)(F)F. The standard InChI is InChI=1S/C8H4ClF5O2/c9-3-1-2-4(15)5(3)6(16)7(10,11)8(12,13)14/h1-2H2. The van der Waals surface area contributed by atoms with Gasteiger partial charge in [0.15, 0.2) is 5.78 Å². The summed E-state index contributed by atoms with van der Waals surface area (Å²) in [5, 5.41) is -0.543. The van der Waals surface area contributed by atoms with Crippen molar-refractivity contribution in [1.29, 1.82) is 0 Å². The zero-order chi connectivity index (χ0) is 12.7. The number of carbonyl (C=O) groups is 2. The molecule has 90 valence electrons. The largest absolute Gasteiger partial charge is 0.461 e. The van der Waals surface area contributed by atoms with Crippen molar-refractivity contribution in [2.75, 3.05) is 0 Å². The van der Waals surface area contributed by atoms with E-state index < -0.39 is 34.3 Å². The average molecular weight is 263 g/mol. The molecule has 0 spiro atoms. The highest BCUT2D eigenvalue weighted by Gasteiger charge is 2.64. The Balaban J connectivity index is 3.13. The van der Waals surface area contributed by atoms with Crippen LogP contribution >= 0.6 is 11.6 Å². The van der Waals surface area contributed by atoms with Crippen LogP contribution in [0.4, 0.5) is 22.0 Å². The number of carbonyl (C=O) groups excluding carboxylic acids is 2. The number of hydrogen-bond acceptors (Lipinski definition) is 2. The number of ketones is 2. The Morgan fingerprint density at radius 2 is 1.62 bits per heavy atom. The van der Waals surface area contributed by atoms with Crippen molar-refractivity contribution in [3.05, 3.63) is 10.6 Å². The Morgan fingerprint density at radius 3 is 1.94 bits per heavy atom. The van der Waals surface area contributed by atoms with Crippen molar-refractivity contribution >= 4 is 23.2 Å². The lowest BCUT2D eigenvalue weighted by Gasteiger charge is -2.18. The van der Waals surface area contributed by atoms with Crippen molar-refractivity contribution in [3.8, 4) is 0 Å². The van der Waals surface area contributed by atoms with Gasteiger partial charge in [-0.05, 0) is 6.42 Å². The minimum atomic E-state index is -6.03. The topological polar surface area (TPSA) is 34.1 Å². The highest BCUT2D eigenvalue weighted by Crippen LogP contribution is 2.40. The number of halogens is 6. The lowest BCUT2D eigenvalue weighted by molar-refractivity contribution is -0.266. The van der Waals surface area contributed by atoms with Gasteiger partial charge < -0.3 is 0 Å². The smallest absolute Gasteiger partial charge is 0.294 e. The lowest BCUT2D eigenvalue weighted by atomic mass is 10.0. The fourth-order valence-electron chi connectivity index (χ4n) is 1.16. The summed E-state index contributed by atoms with van der Waals surface area (Å²) in [4.78, 5) is 21.8. The van der Waals surface area contributed by atoms with E-state index in [1.165, 1.54) is 0 Å². The summed E-state index contributed by atoms with van der Waals surface area (Å²) in [6.07, 6.45) is -6.54. The lowest BCUT2D eigenvalue weighted by Crippen LogP contribution is -2.45. The van der Waals surface area contributed by atoms with E-state index in [1.54, 1.807) is 0 Å². The zero-order valence-corrected chi connectivity index (χ0v) is 8.25. The first kappa shape index (κ1) is 13.1. The summed E-state index contributed by atoms with van der Waals surface area (Å²) in [7, 11) is 0. The maximum Gasteiger partial charge on any atom is 0.461 e. The molecule has 1 aliphatic rings. The van der Waals surface area contributed by atoms with Crippen molar-refractivity contribution in [2.45, 2.75) is 24.9 Å². The van der Waals surface area contributed by atoms with E-state index in [0.717, 1.165) is 0 Å². The molecule has 8 heteroatoms. The summed E-state index contributed by atoms with van der Waals surface area (Å²) in [6.45, 7) is 0. The van der Waals surface area contributed by atoms with Crippen LogP contribution in [0.15, 0.2) is 10.6 Å². The molecule has 0 radical (unpaired) electrons. The number of allylic oxidation sites excluding steroid dienone is 2. The van der Waals surface area contributed by atoms with Gasteiger partial charge in [-0.3, -0.25) is 9.59 Å². The molecule has 0 saturated heterocycles.